The van der Waals surface area contributed by atoms with Gasteiger partial charge in [-0.1, -0.05) is 12.1 Å². The second-order valence-electron chi connectivity index (χ2n) is 10.7. The van der Waals surface area contributed by atoms with Gasteiger partial charge >= 0.3 is 0 Å². The number of rotatable bonds is 8. The lowest BCUT2D eigenvalue weighted by Crippen LogP contribution is -2.32. The first-order valence-electron chi connectivity index (χ1n) is 13.3. The molecule has 2 aliphatic carbocycles. The van der Waals surface area contributed by atoms with Gasteiger partial charge in [0.25, 0.3) is 5.91 Å². The van der Waals surface area contributed by atoms with Crippen molar-refractivity contribution in [3.63, 3.8) is 0 Å². The van der Waals surface area contributed by atoms with Gasteiger partial charge in [-0.2, -0.15) is 0 Å². The molecule has 3 aromatic rings. The van der Waals surface area contributed by atoms with Crippen LogP contribution < -0.4 is 10.2 Å². The molecule has 2 aromatic heterocycles. The van der Waals surface area contributed by atoms with Gasteiger partial charge < -0.3 is 15.3 Å². The van der Waals surface area contributed by atoms with Gasteiger partial charge in [0.15, 0.2) is 9.84 Å². The fraction of sp³-hybridized carbons (Fsp3) is 0.414. The Balaban J connectivity index is 1.23. The van der Waals surface area contributed by atoms with Crippen molar-refractivity contribution in [2.75, 3.05) is 24.3 Å². The van der Waals surface area contributed by atoms with Crippen molar-refractivity contribution in [1.29, 1.82) is 0 Å². The Morgan fingerprint density at radius 3 is 2.26 bits per heavy atom. The number of nitrogens with one attached hydrogen (secondary N) is 1. The number of hydrogen-bond acceptors (Lipinski definition) is 7. The number of aliphatic hydroxyl groups excluding tert-OH is 1. The topological polar surface area (TPSA) is 112 Å². The maximum atomic E-state index is 13.1. The summed E-state index contributed by atoms with van der Waals surface area (Å²) in [4.78, 5) is 25.3. The number of hydrogen-bond donors (Lipinski definition) is 2. The van der Waals surface area contributed by atoms with Crippen molar-refractivity contribution in [3.8, 4) is 0 Å². The van der Waals surface area contributed by atoms with E-state index in [9.17, 15) is 18.3 Å². The molecule has 2 N–H and O–H groups in total. The van der Waals surface area contributed by atoms with Gasteiger partial charge in [-0.15, -0.1) is 0 Å². The molecule has 2 fully saturated rings. The Labute approximate surface area is 223 Å². The number of sulfone groups is 1. The standard InChI is InChI=1S/C29H32N4O4S/c1-38(36,37)22-10-8-20(9-11-22)27(17-34)32-29(35)24-12-13-28-23(30-24)3-2-14-33(28)21-15-25(18-4-5-18)31-26(16-21)19-6-7-19/h8-13,15-16,18-19,27,34H,2-7,14,17H2,1H3,(H,32,35). The molecule has 1 aliphatic heterocycles. The molecule has 0 bridgehead atoms. The van der Waals surface area contributed by atoms with Crippen LogP contribution in [0.2, 0.25) is 0 Å². The largest absolute Gasteiger partial charge is 0.394 e. The molecular formula is C29H32N4O4S. The number of aryl methyl sites for hydroxylation is 1. The third-order valence-electron chi connectivity index (χ3n) is 7.62. The molecule has 0 spiro atoms. The molecular weight excluding hydrogens is 500 g/mol. The lowest BCUT2D eigenvalue weighted by Gasteiger charge is -2.31. The zero-order valence-corrected chi connectivity index (χ0v) is 22.2. The number of carbonyl (C=O) groups excluding carboxylic acids is 1. The molecule has 1 amide bonds. The Hall–Kier alpha value is -3.30. The predicted octanol–water partition coefficient (Wildman–Crippen LogP) is 4.18. The van der Waals surface area contributed by atoms with Crippen molar-refractivity contribution in [1.82, 2.24) is 15.3 Å². The highest BCUT2D eigenvalue weighted by Crippen LogP contribution is 2.45. The minimum atomic E-state index is -3.33. The van der Waals surface area contributed by atoms with E-state index in [4.69, 9.17) is 9.97 Å². The summed E-state index contributed by atoms with van der Waals surface area (Å²) in [7, 11) is -3.33. The van der Waals surface area contributed by atoms with E-state index in [1.165, 1.54) is 54.9 Å². The van der Waals surface area contributed by atoms with Gasteiger partial charge in [-0.05, 0) is 80.5 Å². The summed E-state index contributed by atoms with van der Waals surface area (Å²) in [5, 5.41) is 12.8. The normalized spacial score (nSPS) is 18.1. The second kappa shape index (κ2) is 9.78. The number of aliphatic hydroxyl groups is 1. The van der Waals surface area contributed by atoms with E-state index >= 15 is 0 Å². The van der Waals surface area contributed by atoms with Crippen LogP contribution in [0.4, 0.5) is 11.4 Å². The van der Waals surface area contributed by atoms with Crippen molar-refractivity contribution >= 4 is 27.1 Å². The Morgan fingerprint density at radius 1 is 1.03 bits per heavy atom. The summed E-state index contributed by atoms with van der Waals surface area (Å²) in [5.41, 5.74) is 6.41. The minimum Gasteiger partial charge on any atom is -0.394 e. The SMILES string of the molecule is CS(=O)(=O)c1ccc(C(CO)NC(=O)c2ccc3c(n2)CCCN3c2cc(C3CC3)nc(C3CC3)c2)cc1. The molecule has 38 heavy (non-hydrogen) atoms. The monoisotopic (exact) mass is 532 g/mol. The van der Waals surface area contributed by atoms with E-state index in [0.717, 1.165) is 37.0 Å². The lowest BCUT2D eigenvalue weighted by molar-refractivity contribution is 0.0911. The average Bonchev–Trinajstić information content (AvgIpc) is 3.83. The number of fused-ring (bicyclic) bond motifs is 1. The van der Waals surface area contributed by atoms with E-state index < -0.39 is 15.9 Å². The van der Waals surface area contributed by atoms with Crippen LogP contribution in [0.15, 0.2) is 53.4 Å². The van der Waals surface area contributed by atoms with Gasteiger partial charge in [-0.3, -0.25) is 9.78 Å². The minimum absolute atomic E-state index is 0.188. The number of aromatic nitrogens is 2. The molecule has 1 atom stereocenters. The lowest BCUT2D eigenvalue weighted by atomic mass is 10.0. The van der Waals surface area contributed by atoms with Crippen molar-refractivity contribution in [3.05, 3.63) is 76.9 Å². The van der Waals surface area contributed by atoms with E-state index in [0.29, 0.717) is 23.1 Å². The molecule has 1 unspecified atom stereocenters. The molecule has 6 rings (SSSR count). The smallest absolute Gasteiger partial charge is 0.270 e. The molecule has 198 valence electrons. The highest BCUT2D eigenvalue weighted by atomic mass is 32.2. The zero-order chi connectivity index (χ0) is 26.4. The average molecular weight is 533 g/mol. The van der Waals surface area contributed by atoms with Crippen LogP contribution in [0, 0.1) is 0 Å². The second-order valence-corrected chi connectivity index (χ2v) is 12.7. The number of benzene rings is 1. The molecule has 0 radical (unpaired) electrons. The fourth-order valence-electron chi connectivity index (χ4n) is 5.15. The quantitative estimate of drug-likeness (QED) is 0.447. The first-order chi connectivity index (χ1) is 18.3. The number of anilines is 2. The zero-order valence-electron chi connectivity index (χ0n) is 21.4. The third-order valence-corrected chi connectivity index (χ3v) is 8.75. The van der Waals surface area contributed by atoms with E-state index in [2.05, 4.69) is 22.3 Å². The maximum Gasteiger partial charge on any atom is 0.270 e. The van der Waals surface area contributed by atoms with Crippen LogP contribution >= 0.6 is 0 Å². The highest BCUT2D eigenvalue weighted by molar-refractivity contribution is 7.90. The van der Waals surface area contributed by atoms with Crippen LogP contribution in [0.1, 0.15) is 83.1 Å². The van der Waals surface area contributed by atoms with E-state index in [1.54, 1.807) is 18.2 Å². The van der Waals surface area contributed by atoms with Crippen LogP contribution in [-0.4, -0.2) is 48.8 Å². The Morgan fingerprint density at radius 2 is 1.68 bits per heavy atom. The van der Waals surface area contributed by atoms with Crippen LogP contribution in [-0.2, 0) is 16.3 Å². The van der Waals surface area contributed by atoms with Crippen LogP contribution in [0.3, 0.4) is 0 Å². The number of amides is 1. The molecule has 3 heterocycles. The fourth-order valence-corrected chi connectivity index (χ4v) is 5.78. The van der Waals surface area contributed by atoms with Gasteiger partial charge in [-0.25, -0.2) is 13.4 Å². The number of carbonyl (C=O) groups is 1. The van der Waals surface area contributed by atoms with Gasteiger partial charge in [0, 0.05) is 41.7 Å². The molecule has 2 saturated carbocycles. The number of pyridine rings is 2. The van der Waals surface area contributed by atoms with Gasteiger partial charge in [0.05, 0.1) is 28.9 Å². The summed E-state index contributed by atoms with van der Waals surface area (Å²) in [6.45, 7) is 0.575. The first-order valence-corrected chi connectivity index (χ1v) is 15.2. The first kappa shape index (κ1) is 25.0. The molecule has 9 heteroatoms. The van der Waals surface area contributed by atoms with Crippen LogP contribution in [0.25, 0.3) is 0 Å². The summed E-state index contributed by atoms with van der Waals surface area (Å²) >= 11 is 0. The van der Waals surface area contributed by atoms with Gasteiger partial charge in [0.1, 0.15) is 5.69 Å². The summed E-state index contributed by atoms with van der Waals surface area (Å²) in [5.74, 6) is 0.790. The summed E-state index contributed by atoms with van der Waals surface area (Å²) in [6, 6.07) is 13.7. The predicted molar refractivity (Wildman–Crippen MR) is 145 cm³/mol. The van der Waals surface area contributed by atoms with E-state index in [1.807, 2.05) is 6.07 Å². The number of nitrogens with zero attached hydrogens (tertiary/aromatic N) is 3. The van der Waals surface area contributed by atoms with E-state index in [-0.39, 0.29) is 17.4 Å². The molecule has 8 nitrogen and oxygen atoms in total. The van der Waals surface area contributed by atoms with Crippen molar-refractivity contribution in [2.24, 2.45) is 0 Å². The summed E-state index contributed by atoms with van der Waals surface area (Å²) < 4.78 is 23.5. The summed E-state index contributed by atoms with van der Waals surface area (Å²) in [6.07, 6.45) is 7.74. The maximum absolute atomic E-state index is 13.1. The molecule has 1 aromatic carbocycles. The third kappa shape index (κ3) is 5.17. The van der Waals surface area contributed by atoms with Crippen molar-refractivity contribution in [2.45, 2.75) is 61.3 Å². The van der Waals surface area contributed by atoms with Crippen LogP contribution in [0.5, 0.6) is 0 Å². The molecule has 3 aliphatic rings. The Bertz CT molecular complexity index is 1450. The highest BCUT2D eigenvalue weighted by Gasteiger charge is 2.32. The Kier molecular flexibility index (Phi) is 6.44. The van der Waals surface area contributed by atoms with Gasteiger partial charge in [0.2, 0.25) is 0 Å². The van der Waals surface area contributed by atoms with Crippen molar-refractivity contribution < 1.29 is 18.3 Å². The molecule has 0 saturated heterocycles.